The molecule has 1 aliphatic rings. The van der Waals surface area contributed by atoms with Gasteiger partial charge in [0, 0.05) is 11.5 Å². The molecule has 0 spiro atoms. The van der Waals surface area contributed by atoms with Crippen LogP contribution in [-0.2, 0) is 16.1 Å². The van der Waals surface area contributed by atoms with E-state index in [4.69, 9.17) is 0 Å². The highest BCUT2D eigenvalue weighted by atomic mass is 79.9. The summed E-state index contributed by atoms with van der Waals surface area (Å²) in [6.45, 7) is -0.0748. The van der Waals surface area contributed by atoms with E-state index in [1.807, 2.05) is 0 Å². The van der Waals surface area contributed by atoms with Crippen LogP contribution in [0.4, 0.5) is 9.18 Å². The largest absolute Gasteiger partial charge is 0.334 e. The van der Waals surface area contributed by atoms with Crippen LogP contribution in [0.1, 0.15) is 5.56 Å². The molecule has 0 saturated carbocycles. The first-order valence-electron chi connectivity index (χ1n) is 4.99. The summed E-state index contributed by atoms with van der Waals surface area (Å²) in [6.07, 6.45) is 0. The van der Waals surface area contributed by atoms with Gasteiger partial charge in [-0.05, 0) is 17.7 Å². The van der Waals surface area contributed by atoms with Crippen molar-refractivity contribution in [2.75, 3.05) is 7.05 Å². The van der Waals surface area contributed by atoms with Crippen molar-refractivity contribution < 1.29 is 18.8 Å². The molecular formula is C11H8BrFN2O3. The summed E-state index contributed by atoms with van der Waals surface area (Å²) in [5.41, 5.74) is 0.543. The Morgan fingerprint density at radius 1 is 1.22 bits per heavy atom. The highest BCUT2D eigenvalue weighted by Crippen LogP contribution is 2.22. The normalized spacial score (nSPS) is 15.8. The zero-order valence-corrected chi connectivity index (χ0v) is 10.9. The fraction of sp³-hybridized carbons (Fsp3) is 0.182. The Bertz CT molecular complexity index is 561. The number of carbonyl (C=O) groups is 3. The highest BCUT2D eigenvalue weighted by molar-refractivity contribution is 9.10. The quantitative estimate of drug-likeness (QED) is 0.614. The van der Waals surface area contributed by atoms with Gasteiger partial charge in [-0.25, -0.2) is 9.18 Å². The maximum atomic E-state index is 12.9. The van der Waals surface area contributed by atoms with Gasteiger partial charge in [-0.2, -0.15) is 0 Å². The van der Waals surface area contributed by atoms with E-state index < -0.39 is 23.7 Å². The number of amides is 4. The summed E-state index contributed by atoms with van der Waals surface area (Å²) >= 11 is 3.14. The first-order valence-corrected chi connectivity index (χ1v) is 5.78. The molecule has 5 nitrogen and oxygen atoms in total. The minimum absolute atomic E-state index is 0.0748. The van der Waals surface area contributed by atoms with Crippen molar-refractivity contribution in [1.29, 1.82) is 0 Å². The number of likely N-dealkylation sites (N-methyl/N-ethyl adjacent to an activating group) is 1. The van der Waals surface area contributed by atoms with Gasteiger partial charge in [0.2, 0.25) is 0 Å². The van der Waals surface area contributed by atoms with E-state index in [9.17, 15) is 18.8 Å². The van der Waals surface area contributed by atoms with Crippen LogP contribution in [0.5, 0.6) is 0 Å². The molecule has 4 amide bonds. The molecule has 0 bridgehead atoms. The average molecular weight is 315 g/mol. The molecule has 1 aromatic carbocycles. The van der Waals surface area contributed by atoms with Gasteiger partial charge in [-0.1, -0.05) is 22.0 Å². The molecule has 18 heavy (non-hydrogen) atoms. The lowest BCUT2D eigenvalue weighted by molar-refractivity contribution is -0.143. The zero-order chi connectivity index (χ0) is 13.4. The first-order chi connectivity index (χ1) is 8.41. The summed E-state index contributed by atoms with van der Waals surface area (Å²) < 4.78 is 13.3. The van der Waals surface area contributed by atoms with Crippen LogP contribution in [0.25, 0.3) is 0 Å². The molecule has 1 saturated heterocycles. The van der Waals surface area contributed by atoms with Crippen LogP contribution in [0.15, 0.2) is 22.7 Å². The van der Waals surface area contributed by atoms with E-state index >= 15 is 0 Å². The summed E-state index contributed by atoms with van der Waals surface area (Å²) in [5.74, 6) is -2.17. The van der Waals surface area contributed by atoms with Crippen LogP contribution >= 0.6 is 15.9 Å². The van der Waals surface area contributed by atoms with Gasteiger partial charge in [0.05, 0.1) is 6.54 Å². The Balaban J connectivity index is 2.27. The van der Waals surface area contributed by atoms with Gasteiger partial charge < -0.3 is 0 Å². The van der Waals surface area contributed by atoms with Crippen molar-refractivity contribution in [3.8, 4) is 0 Å². The number of hydrogen-bond donors (Lipinski definition) is 0. The third-order valence-corrected chi connectivity index (χ3v) is 3.33. The standard InChI is InChI=1S/C11H8BrFN2O3/c1-14-9(16)10(17)15(11(14)18)5-6-2-3-7(13)4-8(6)12/h2-4H,5H2,1H3. The molecule has 1 aliphatic heterocycles. The van der Waals surface area contributed by atoms with Crippen molar-refractivity contribution in [3.05, 3.63) is 34.1 Å². The third-order valence-electron chi connectivity index (χ3n) is 2.59. The zero-order valence-electron chi connectivity index (χ0n) is 9.31. The Kier molecular flexibility index (Phi) is 3.16. The van der Waals surface area contributed by atoms with Crippen molar-refractivity contribution in [3.63, 3.8) is 0 Å². The Labute approximate surface area is 110 Å². The molecule has 0 aliphatic carbocycles. The van der Waals surface area contributed by atoms with Crippen molar-refractivity contribution in [1.82, 2.24) is 9.80 Å². The average Bonchev–Trinajstić information content (AvgIpc) is 2.50. The topological polar surface area (TPSA) is 57.7 Å². The molecule has 0 atom stereocenters. The monoisotopic (exact) mass is 314 g/mol. The molecular weight excluding hydrogens is 307 g/mol. The Morgan fingerprint density at radius 3 is 2.39 bits per heavy atom. The maximum Gasteiger partial charge on any atom is 0.334 e. The van der Waals surface area contributed by atoms with Gasteiger partial charge in [-0.3, -0.25) is 19.4 Å². The number of rotatable bonds is 2. The first kappa shape index (κ1) is 12.7. The summed E-state index contributed by atoms with van der Waals surface area (Å²) in [4.78, 5) is 36.0. The maximum absolute atomic E-state index is 12.9. The summed E-state index contributed by atoms with van der Waals surface area (Å²) in [7, 11) is 1.24. The SMILES string of the molecule is CN1C(=O)C(=O)N(Cc2ccc(F)cc2Br)C1=O. The fourth-order valence-electron chi connectivity index (χ4n) is 1.57. The van der Waals surface area contributed by atoms with Gasteiger partial charge in [0.1, 0.15) is 5.82 Å². The molecule has 0 unspecified atom stereocenters. The van der Waals surface area contributed by atoms with Gasteiger partial charge in [-0.15, -0.1) is 0 Å². The number of nitrogens with zero attached hydrogens (tertiary/aromatic N) is 2. The minimum Gasteiger partial charge on any atom is -0.263 e. The van der Waals surface area contributed by atoms with Gasteiger partial charge in [0.25, 0.3) is 0 Å². The van der Waals surface area contributed by atoms with Crippen molar-refractivity contribution in [2.45, 2.75) is 6.54 Å². The van der Waals surface area contributed by atoms with E-state index in [1.54, 1.807) is 0 Å². The van der Waals surface area contributed by atoms with Crippen LogP contribution < -0.4 is 0 Å². The molecule has 0 aromatic heterocycles. The van der Waals surface area contributed by atoms with E-state index in [2.05, 4.69) is 15.9 Å². The second-order valence-electron chi connectivity index (χ2n) is 3.77. The lowest BCUT2D eigenvalue weighted by Crippen LogP contribution is -2.31. The van der Waals surface area contributed by atoms with E-state index in [0.717, 1.165) is 9.80 Å². The summed E-state index contributed by atoms with van der Waals surface area (Å²) in [6, 6.07) is 3.21. The van der Waals surface area contributed by atoms with Crippen molar-refractivity contribution in [2.24, 2.45) is 0 Å². The van der Waals surface area contributed by atoms with Crippen LogP contribution in [-0.4, -0.2) is 34.7 Å². The van der Waals surface area contributed by atoms with Crippen LogP contribution in [0.3, 0.4) is 0 Å². The Hall–Kier alpha value is -1.76. The second kappa shape index (κ2) is 4.49. The lowest BCUT2D eigenvalue weighted by Gasteiger charge is -2.13. The number of carbonyl (C=O) groups excluding carboxylic acids is 3. The van der Waals surface area contributed by atoms with Crippen LogP contribution in [0, 0.1) is 5.82 Å². The molecule has 94 valence electrons. The number of imide groups is 2. The third kappa shape index (κ3) is 2.01. The Morgan fingerprint density at radius 2 is 1.89 bits per heavy atom. The van der Waals surface area contributed by atoms with E-state index in [0.29, 0.717) is 10.0 Å². The fourth-order valence-corrected chi connectivity index (χ4v) is 2.05. The van der Waals surface area contributed by atoms with Crippen molar-refractivity contribution >= 4 is 33.8 Å². The highest BCUT2D eigenvalue weighted by Gasteiger charge is 2.42. The van der Waals surface area contributed by atoms with E-state index in [1.165, 1.54) is 25.2 Å². The predicted molar refractivity (Wildman–Crippen MR) is 62.8 cm³/mol. The number of halogens is 2. The molecule has 7 heteroatoms. The van der Waals surface area contributed by atoms with E-state index in [-0.39, 0.29) is 6.54 Å². The van der Waals surface area contributed by atoms with Crippen LogP contribution in [0.2, 0.25) is 0 Å². The number of benzene rings is 1. The second-order valence-corrected chi connectivity index (χ2v) is 4.63. The number of urea groups is 1. The number of hydrogen-bond acceptors (Lipinski definition) is 3. The van der Waals surface area contributed by atoms with Gasteiger partial charge >= 0.3 is 17.8 Å². The minimum atomic E-state index is -0.876. The molecule has 1 heterocycles. The summed E-state index contributed by atoms with van der Waals surface area (Å²) in [5, 5.41) is 0. The molecule has 1 aromatic rings. The molecule has 2 rings (SSSR count). The predicted octanol–water partition coefficient (Wildman–Crippen LogP) is 1.51. The molecule has 1 fully saturated rings. The molecule has 0 radical (unpaired) electrons. The van der Waals surface area contributed by atoms with Gasteiger partial charge in [0.15, 0.2) is 0 Å². The lowest BCUT2D eigenvalue weighted by atomic mass is 10.2. The molecule has 0 N–H and O–H groups in total. The smallest absolute Gasteiger partial charge is 0.263 e.